The van der Waals surface area contributed by atoms with Crippen molar-refractivity contribution in [1.82, 2.24) is 9.97 Å². The van der Waals surface area contributed by atoms with Crippen LogP contribution >= 0.6 is 22.7 Å². The maximum absolute atomic E-state index is 14.5. The molecule has 174 valence electrons. The second-order valence-corrected chi connectivity index (χ2v) is 9.43. The van der Waals surface area contributed by atoms with Crippen molar-refractivity contribution in [3.63, 3.8) is 0 Å². The zero-order chi connectivity index (χ0) is 24.2. The Bertz CT molecular complexity index is 1350. The molecule has 0 bridgehead atoms. The van der Waals surface area contributed by atoms with Gasteiger partial charge in [0.2, 0.25) is 5.91 Å². The summed E-state index contributed by atoms with van der Waals surface area (Å²) in [6.45, 7) is 5.38. The highest BCUT2D eigenvalue weighted by molar-refractivity contribution is 7.15. The number of thiazole rings is 2. The molecule has 0 aliphatic heterocycles. The zero-order valence-corrected chi connectivity index (χ0v) is 20.3. The highest BCUT2D eigenvalue weighted by Crippen LogP contribution is 2.29. The maximum atomic E-state index is 14.5. The molecule has 0 unspecified atom stereocenters. The summed E-state index contributed by atoms with van der Waals surface area (Å²) in [7, 11) is 0. The number of nitrogens with one attached hydrogen (secondary N) is 2. The number of amides is 2. The van der Waals surface area contributed by atoms with Crippen molar-refractivity contribution in [3.05, 3.63) is 74.8 Å². The van der Waals surface area contributed by atoms with Gasteiger partial charge >= 0.3 is 0 Å². The monoisotopic (exact) mass is 496 g/mol. The summed E-state index contributed by atoms with van der Waals surface area (Å²) in [6.07, 6.45) is 0. The highest BCUT2D eigenvalue weighted by atomic mass is 32.1. The fourth-order valence-electron chi connectivity index (χ4n) is 3.12. The van der Waals surface area contributed by atoms with Crippen LogP contribution in [0.4, 0.5) is 15.2 Å². The number of hydrogen-bond acceptors (Lipinski definition) is 7. The van der Waals surface area contributed by atoms with E-state index in [2.05, 4.69) is 20.6 Å². The summed E-state index contributed by atoms with van der Waals surface area (Å²) in [6, 6.07) is 12.1. The fraction of sp³-hybridized carbons (Fsp3) is 0.167. The molecule has 0 saturated carbocycles. The van der Waals surface area contributed by atoms with Gasteiger partial charge in [0.05, 0.1) is 11.4 Å². The summed E-state index contributed by atoms with van der Waals surface area (Å²) in [4.78, 5) is 33.2. The van der Waals surface area contributed by atoms with Crippen LogP contribution in [0.5, 0.6) is 5.75 Å². The molecule has 34 heavy (non-hydrogen) atoms. The van der Waals surface area contributed by atoms with Gasteiger partial charge in [-0.15, -0.1) is 22.7 Å². The number of benzene rings is 2. The summed E-state index contributed by atoms with van der Waals surface area (Å²) in [5.74, 6) is -0.406. The molecule has 2 aromatic heterocycles. The van der Waals surface area contributed by atoms with Gasteiger partial charge < -0.3 is 10.1 Å². The second-order valence-electron chi connectivity index (χ2n) is 7.49. The van der Waals surface area contributed by atoms with Crippen LogP contribution in [-0.2, 0) is 11.4 Å². The third-order valence-electron chi connectivity index (χ3n) is 4.72. The summed E-state index contributed by atoms with van der Waals surface area (Å²) in [5.41, 5.74) is 2.77. The zero-order valence-electron chi connectivity index (χ0n) is 18.6. The first-order valence-corrected chi connectivity index (χ1v) is 12.0. The second kappa shape index (κ2) is 10.1. The first kappa shape index (κ1) is 23.5. The van der Waals surface area contributed by atoms with E-state index in [-0.39, 0.29) is 24.0 Å². The lowest BCUT2D eigenvalue weighted by atomic mass is 10.1. The van der Waals surface area contributed by atoms with Gasteiger partial charge in [0, 0.05) is 23.6 Å². The van der Waals surface area contributed by atoms with Crippen LogP contribution in [0.15, 0.2) is 47.8 Å². The van der Waals surface area contributed by atoms with Crippen LogP contribution in [0.25, 0.3) is 11.3 Å². The number of aromatic nitrogens is 2. The Kier molecular flexibility index (Phi) is 6.99. The average Bonchev–Trinajstić information content (AvgIpc) is 3.39. The normalized spacial score (nSPS) is 10.7. The van der Waals surface area contributed by atoms with Crippen LogP contribution in [0.2, 0.25) is 0 Å². The van der Waals surface area contributed by atoms with E-state index in [1.54, 1.807) is 18.4 Å². The smallest absolute Gasteiger partial charge is 0.269 e. The SMILES string of the molecule is CC(=O)Nc1ccc(-c2csc(NC(=O)c3sc(COc4ccc(C)cc4)nc3C)n2)c(F)c1. The molecule has 2 N–H and O–H groups in total. The van der Waals surface area contributed by atoms with E-state index in [9.17, 15) is 14.0 Å². The molecular weight excluding hydrogens is 475 g/mol. The van der Waals surface area contributed by atoms with E-state index in [0.29, 0.717) is 32.1 Å². The lowest BCUT2D eigenvalue weighted by Gasteiger charge is -2.05. The first-order valence-electron chi connectivity index (χ1n) is 10.3. The van der Waals surface area contributed by atoms with Gasteiger partial charge in [-0.2, -0.15) is 0 Å². The van der Waals surface area contributed by atoms with Gasteiger partial charge in [-0.3, -0.25) is 14.9 Å². The molecule has 2 heterocycles. The van der Waals surface area contributed by atoms with Crippen LogP contribution < -0.4 is 15.4 Å². The van der Waals surface area contributed by atoms with Crippen molar-refractivity contribution in [1.29, 1.82) is 0 Å². The number of hydrogen-bond donors (Lipinski definition) is 2. The fourth-order valence-corrected chi connectivity index (χ4v) is 4.70. The number of carbonyl (C=O) groups excluding carboxylic acids is 2. The number of rotatable bonds is 7. The van der Waals surface area contributed by atoms with E-state index in [1.807, 2.05) is 31.2 Å². The van der Waals surface area contributed by atoms with Gasteiger partial charge in [-0.05, 0) is 44.2 Å². The molecule has 0 aliphatic carbocycles. The average molecular weight is 497 g/mol. The van der Waals surface area contributed by atoms with Crippen molar-refractivity contribution < 1.29 is 18.7 Å². The first-order chi connectivity index (χ1) is 16.3. The van der Waals surface area contributed by atoms with E-state index in [0.717, 1.165) is 11.3 Å². The third-order valence-corrected chi connectivity index (χ3v) is 6.61. The molecule has 4 aromatic rings. The largest absolute Gasteiger partial charge is 0.486 e. The molecular formula is C24H21FN4O3S2. The lowest BCUT2D eigenvalue weighted by Crippen LogP contribution is -2.11. The summed E-state index contributed by atoms with van der Waals surface area (Å²) in [5, 5.41) is 7.98. The Morgan fingerprint density at radius 2 is 1.82 bits per heavy atom. The Balaban J connectivity index is 1.42. The standard InChI is InChI=1S/C24H21FN4O3S2/c1-13-4-7-17(8-5-13)32-11-21-26-14(2)22(34-21)23(31)29-24-28-20(12-33-24)18-9-6-16(10-19(18)25)27-15(3)30/h4-10,12H,11H2,1-3H3,(H,27,30)(H,28,29,31). The van der Waals surface area contributed by atoms with Crippen LogP contribution in [0.3, 0.4) is 0 Å². The Morgan fingerprint density at radius 3 is 2.53 bits per heavy atom. The van der Waals surface area contributed by atoms with Gasteiger partial charge in [0.1, 0.15) is 28.1 Å². The Hall–Kier alpha value is -3.63. The molecule has 2 aromatic carbocycles. The van der Waals surface area contributed by atoms with Crippen molar-refractivity contribution >= 4 is 45.3 Å². The molecule has 0 atom stereocenters. The van der Waals surface area contributed by atoms with Crippen molar-refractivity contribution in [2.45, 2.75) is 27.4 Å². The Morgan fingerprint density at radius 1 is 1.06 bits per heavy atom. The molecule has 0 saturated heterocycles. The molecule has 0 radical (unpaired) electrons. The van der Waals surface area contributed by atoms with E-state index >= 15 is 0 Å². The lowest BCUT2D eigenvalue weighted by molar-refractivity contribution is -0.114. The van der Waals surface area contributed by atoms with E-state index in [4.69, 9.17) is 4.74 Å². The van der Waals surface area contributed by atoms with Crippen molar-refractivity contribution in [2.75, 3.05) is 10.6 Å². The quantitative estimate of drug-likeness (QED) is 0.337. The molecule has 0 aliphatic rings. The van der Waals surface area contributed by atoms with Gasteiger partial charge in [0.15, 0.2) is 5.13 Å². The van der Waals surface area contributed by atoms with Gasteiger partial charge in [-0.1, -0.05) is 17.7 Å². The van der Waals surface area contributed by atoms with Crippen LogP contribution in [-0.4, -0.2) is 21.8 Å². The molecule has 2 amide bonds. The minimum absolute atomic E-state index is 0.261. The molecule has 0 spiro atoms. The number of halogens is 1. The highest BCUT2D eigenvalue weighted by Gasteiger charge is 2.18. The minimum atomic E-state index is -0.522. The Labute approximate surface area is 203 Å². The van der Waals surface area contributed by atoms with Crippen LogP contribution in [0, 0.1) is 19.7 Å². The van der Waals surface area contributed by atoms with Crippen LogP contribution in [0.1, 0.15) is 32.9 Å². The molecule has 10 heteroatoms. The van der Waals surface area contributed by atoms with E-state index < -0.39 is 5.82 Å². The number of carbonyl (C=O) groups is 2. The maximum Gasteiger partial charge on any atom is 0.269 e. The molecule has 0 fully saturated rings. The number of aryl methyl sites for hydroxylation is 2. The third kappa shape index (κ3) is 5.64. The van der Waals surface area contributed by atoms with Crippen molar-refractivity contribution in [2.24, 2.45) is 0 Å². The minimum Gasteiger partial charge on any atom is -0.486 e. The number of nitrogens with zero attached hydrogens (tertiary/aromatic N) is 2. The predicted octanol–water partition coefficient (Wildman–Crippen LogP) is 5.81. The van der Waals surface area contributed by atoms with Gasteiger partial charge in [0.25, 0.3) is 5.91 Å². The van der Waals surface area contributed by atoms with Crippen molar-refractivity contribution in [3.8, 4) is 17.0 Å². The topological polar surface area (TPSA) is 93.2 Å². The molecule has 7 nitrogen and oxygen atoms in total. The summed E-state index contributed by atoms with van der Waals surface area (Å²) < 4.78 is 20.3. The molecule has 4 rings (SSSR count). The number of ether oxygens (including phenoxy) is 1. The van der Waals surface area contributed by atoms with Gasteiger partial charge in [-0.25, -0.2) is 14.4 Å². The predicted molar refractivity (Wildman–Crippen MR) is 132 cm³/mol. The summed E-state index contributed by atoms with van der Waals surface area (Å²) >= 11 is 2.45. The number of anilines is 2. The van der Waals surface area contributed by atoms with E-state index in [1.165, 1.54) is 41.7 Å².